The number of ether oxygens (including phenoxy) is 1. The monoisotopic (exact) mass is 294 g/mol. The molecule has 2 saturated carbocycles. The average Bonchev–Trinajstić information content (AvgIpc) is 2.95. The van der Waals surface area contributed by atoms with Gasteiger partial charge in [0.1, 0.15) is 0 Å². The Labute approximate surface area is 107 Å². The molecule has 2 nitrogen and oxygen atoms in total. The van der Waals surface area contributed by atoms with Gasteiger partial charge in [0.05, 0.1) is 0 Å². The van der Waals surface area contributed by atoms with Crippen LogP contribution in [0.2, 0.25) is 4.82 Å². The van der Waals surface area contributed by atoms with Gasteiger partial charge in [0.15, 0.2) is 0 Å². The zero-order chi connectivity index (χ0) is 11.4. The van der Waals surface area contributed by atoms with E-state index in [1.807, 2.05) is 0 Å². The van der Waals surface area contributed by atoms with Gasteiger partial charge < -0.3 is 0 Å². The fraction of sp³-hybridized carbons (Fsp3) is 0.500. The number of carbonyl (C=O) groups excluding carboxylic acids is 1. The third-order valence-electron chi connectivity index (χ3n) is 4.43. The van der Waals surface area contributed by atoms with Crippen LogP contribution in [0.25, 0.3) is 0 Å². The molecule has 1 aliphatic heterocycles. The van der Waals surface area contributed by atoms with Crippen molar-refractivity contribution in [1.29, 1.82) is 0 Å². The molecule has 0 radical (unpaired) electrons. The van der Waals surface area contributed by atoms with E-state index < -0.39 is 0 Å². The molecular weight excluding hydrogens is 279 g/mol. The number of hydrogen-bond acceptors (Lipinski definition) is 2. The molecule has 88 valence electrons. The summed E-state index contributed by atoms with van der Waals surface area (Å²) in [6.45, 7) is 0. The Bertz CT molecular complexity index is 459. The molecule has 2 aliphatic carbocycles. The molecule has 5 atom stereocenters. The summed E-state index contributed by atoms with van der Waals surface area (Å²) in [5.74, 6) is 1.66. The normalized spacial score (nSPS) is 41.9. The predicted octanol–water partition coefficient (Wildman–Crippen LogP) is 1.39. The summed E-state index contributed by atoms with van der Waals surface area (Å²) in [5, 5.41) is 0. The fourth-order valence-electron chi connectivity index (χ4n) is 3.72. The molecule has 1 heterocycles. The van der Waals surface area contributed by atoms with Gasteiger partial charge in [0.25, 0.3) is 0 Å². The van der Waals surface area contributed by atoms with Crippen LogP contribution in [0.3, 0.4) is 0 Å². The van der Waals surface area contributed by atoms with E-state index in [2.05, 4.69) is 30.3 Å². The van der Waals surface area contributed by atoms with E-state index in [4.69, 9.17) is 4.74 Å². The van der Waals surface area contributed by atoms with Crippen molar-refractivity contribution in [2.24, 2.45) is 17.8 Å². The van der Waals surface area contributed by atoms with E-state index in [0.29, 0.717) is 25.7 Å². The summed E-state index contributed by atoms with van der Waals surface area (Å²) in [6, 6.07) is 10.7. The maximum absolute atomic E-state index is 11.7. The maximum atomic E-state index is 11.7. The second-order valence-electron chi connectivity index (χ2n) is 5.30. The van der Waals surface area contributed by atoms with Crippen LogP contribution in [-0.4, -0.2) is 27.0 Å². The number of benzene rings is 1. The number of fused-ring (bicyclic) bond motifs is 1. The quantitative estimate of drug-likeness (QED) is 0.608. The molecule has 4 rings (SSSR count). The number of carbonyl (C=O) groups is 1. The van der Waals surface area contributed by atoms with Crippen LogP contribution >= 0.6 is 0 Å². The molecule has 1 aromatic rings. The Hall–Kier alpha value is -0.791. The average molecular weight is 293 g/mol. The van der Waals surface area contributed by atoms with E-state index in [-0.39, 0.29) is 18.0 Å². The van der Waals surface area contributed by atoms with Crippen molar-refractivity contribution in [1.82, 2.24) is 0 Å². The standard InChI is InChI=1S/C14H14O2Se/c15-14-11-7-8-6-10(11)12(16-14)13(8)17-9-4-2-1-3-5-9/h1-5,8,10-13H,6-7H2/t8-,10+,11-,12-,13-/m0/s1. The summed E-state index contributed by atoms with van der Waals surface area (Å²) in [7, 11) is 0. The van der Waals surface area contributed by atoms with Gasteiger partial charge in [-0.25, -0.2) is 0 Å². The SMILES string of the molecule is O=C1O[C@H]2[C@@H]3C[C@@H](C[C@H]13)[C@@H]2[Se]c1ccccc1. The van der Waals surface area contributed by atoms with Crippen molar-refractivity contribution >= 4 is 25.4 Å². The summed E-state index contributed by atoms with van der Waals surface area (Å²) in [6.07, 6.45) is 2.59. The van der Waals surface area contributed by atoms with Crippen LogP contribution in [-0.2, 0) is 9.53 Å². The molecular formula is C14H14O2Se. The van der Waals surface area contributed by atoms with Gasteiger partial charge >= 0.3 is 107 Å². The minimum atomic E-state index is 0.0915. The van der Waals surface area contributed by atoms with Crippen molar-refractivity contribution in [3.63, 3.8) is 0 Å². The van der Waals surface area contributed by atoms with Crippen molar-refractivity contribution in [3.8, 4) is 0 Å². The summed E-state index contributed by atoms with van der Waals surface area (Å²) >= 11 is 0.459. The van der Waals surface area contributed by atoms with Gasteiger partial charge in [-0.3, -0.25) is 0 Å². The fourth-order valence-corrected chi connectivity index (χ4v) is 6.73. The Morgan fingerprint density at radius 2 is 2.00 bits per heavy atom. The van der Waals surface area contributed by atoms with Crippen LogP contribution in [0, 0.1) is 17.8 Å². The van der Waals surface area contributed by atoms with E-state index in [1.165, 1.54) is 10.9 Å². The van der Waals surface area contributed by atoms with Crippen LogP contribution < -0.4 is 4.46 Å². The molecule has 3 heteroatoms. The first-order valence-electron chi connectivity index (χ1n) is 6.25. The number of hydrogen-bond donors (Lipinski definition) is 0. The van der Waals surface area contributed by atoms with Gasteiger partial charge in [-0.2, -0.15) is 0 Å². The van der Waals surface area contributed by atoms with Gasteiger partial charge in [-0.15, -0.1) is 0 Å². The molecule has 3 aliphatic rings. The molecule has 2 bridgehead atoms. The second-order valence-corrected chi connectivity index (χ2v) is 7.92. The van der Waals surface area contributed by atoms with Crippen LogP contribution in [0.5, 0.6) is 0 Å². The first kappa shape index (κ1) is 10.2. The molecule has 1 aromatic carbocycles. The zero-order valence-corrected chi connectivity index (χ0v) is 11.1. The summed E-state index contributed by atoms with van der Waals surface area (Å²) in [4.78, 5) is 12.3. The van der Waals surface area contributed by atoms with Gasteiger partial charge in [0, 0.05) is 0 Å². The Kier molecular flexibility index (Phi) is 2.15. The molecule has 17 heavy (non-hydrogen) atoms. The van der Waals surface area contributed by atoms with Gasteiger partial charge in [0.2, 0.25) is 0 Å². The predicted molar refractivity (Wildman–Crippen MR) is 65.2 cm³/mol. The first-order chi connectivity index (χ1) is 8.33. The molecule has 0 amide bonds. The van der Waals surface area contributed by atoms with E-state index in [9.17, 15) is 4.79 Å². The number of esters is 1. The zero-order valence-electron chi connectivity index (χ0n) is 9.41. The van der Waals surface area contributed by atoms with Crippen molar-refractivity contribution in [3.05, 3.63) is 30.3 Å². The van der Waals surface area contributed by atoms with Gasteiger partial charge in [-0.1, -0.05) is 0 Å². The van der Waals surface area contributed by atoms with Crippen LogP contribution in [0.4, 0.5) is 0 Å². The van der Waals surface area contributed by atoms with Crippen molar-refractivity contribution < 1.29 is 9.53 Å². The molecule has 0 spiro atoms. The van der Waals surface area contributed by atoms with Crippen LogP contribution in [0.1, 0.15) is 12.8 Å². The Morgan fingerprint density at radius 1 is 1.18 bits per heavy atom. The van der Waals surface area contributed by atoms with E-state index in [0.717, 1.165) is 12.3 Å². The molecule has 0 unspecified atom stereocenters. The summed E-state index contributed by atoms with van der Waals surface area (Å²) < 4.78 is 7.04. The first-order valence-corrected chi connectivity index (χ1v) is 8.10. The van der Waals surface area contributed by atoms with Gasteiger partial charge in [-0.05, 0) is 0 Å². The van der Waals surface area contributed by atoms with E-state index in [1.54, 1.807) is 0 Å². The second kappa shape index (κ2) is 3.60. The topological polar surface area (TPSA) is 26.3 Å². The third-order valence-corrected chi connectivity index (χ3v) is 7.51. The molecule has 1 saturated heterocycles. The van der Waals surface area contributed by atoms with Crippen LogP contribution in [0.15, 0.2) is 30.3 Å². The molecule has 0 aromatic heterocycles. The van der Waals surface area contributed by atoms with E-state index >= 15 is 0 Å². The third kappa shape index (κ3) is 1.42. The Morgan fingerprint density at radius 3 is 2.82 bits per heavy atom. The van der Waals surface area contributed by atoms with Crippen molar-refractivity contribution in [2.75, 3.05) is 0 Å². The molecule has 0 N–H and O–H groups in total. The number of rotatable bonds is 2. The Balaban J connectivity index is 1.59. The molecule has 3 fully saturated rings. The summed E-state index contributed by atoms with van der Waals surface area (Å²) in [5.41, 5.74) is 0. The van der Waals surface area contributed by atoms with Crippen molar-refractivity contribution in [2.45, 2.75) is 23.8 Å². The minimum absolute atomic E-state index is 0.0915.